The number of nitrogens with zero attached hydrogens (tertiary/aromatic N) is 1. The van der Waals surface area contributed by atoms with Gasteiger partial charge >= 0.3 is 0 Å². The van der Waals surface area contributed by atoms with E-state index >= 15 is 0 Å². The zero-order valence-electron chi connectivity index (χ0n) is 12.3. The fourth-order valence-corrected chi connectivity index (χ4v) is 2.38. The summed E-state index contributed by atoms with van der Waals surface area (Å²) in [5, 5.41) is 0. The second kappa shape index (κ2) is 6.75. The van der Waals surface area contributed by atoms with E-state index in [0.717, 1.165) is 31.7 Å². The first kappa shape index (κ1) is 14.9. The summed E-state index contributed by atoms with van der Waals surface area (Å²) in [5.74, 6) is 1.15. The van der Waals surface area contributed by atoms with Crippen LogP contribution in [0.5, 0.6) is 5.75 Å². The number of amides is 1. The Kier molecular flexibility index (Phi) is 5.01. The van der Waals surface area contributed by atoms with Gasteiger partial charge < -0.3 is 15.4 Å². The number of carbonyl (C=O) groups is 1. The van der Waals surface area contributed by atoms with Crippen molar-refractivity contribution in [2.45, 2.75) is 38.8 Å². The molecule has 1 amide bonds. The molecule has 1 aromatic carbocycles. The molecule has 0 aromatic heterocycles. The van der Waals surface area contributed by atoms with E-state index in [4.69, 9.17) is 10.5 Å². The van der Waals surface area contributed by atoms with Gasteiger partial charge in [0.1, 0.15) is 11.9 Å². The average Bonchev–Trinajstić information content (AvgIpc) is 2.47. The zero-order chi connectivity index (χ0) is 14.5. The lowest BCUT2D eigenvalue weighted by atomic mass is 10.0. The van der Waals surface area contributed by atoms with Gasteiger partial charge in [-0.3, -0.25) is 4.79 Å². The lowest BCUT2D eigenvalue weighted by Crippen LogP contribution is -2.50. The number of likely N-dealkylation sites (tertiary alicyclic amines) is 1. The molecule has 1 saturated heterocycles. The van der Waals surface area contributed by atoms with Crippen molar-refractivity contribution in [2.24, 2.45) is 11.7 Å². The van der Waals surface area contributed by atoms with Gasteiger partial charge in [-0.2, -0.15) is 0 Å². The number of benzene rings is 1. The van der Waals surface area contributed by atoms with Gasteiger partial charge in [0.05, 0.1) is 6.04 Å². The molecule has 1 aromatic rings. The van der Waals surface area contributed by atoms with Crippen molar-refractivity contribution in [1.29, 1.82) is 0 Å². The summed E-state index contributed by atoms with van der Waals surface area (Å²) >= 11 is 0. The van der Waals surface area contributed by atoms with E-state index in [0.29, 0.717) is 0 Å². The summed E-state index contributed by atoms with van der Waals surface area (Å²) in [7, 11) is 0. The molecular weight excluding hydrogens is 252 g/mol. The largest absolute Gasteiger partial charge is 0.490 e. The molecule has 1 unspecified atom stereocenters. The number of ether oxygens (including phenoxy) is 1. The lowest BCUT2D eigenvalue weighted by molar-refractivity contribution is -0.135. The predicted molar refractivity (Wildman–Crippen MR) is 79.5 cm³/mol. The molecule has 0 radical (unpaired) electrons. The van der Waals surface area contributed by atoms with E-state index < -0.39 is 0 Å². The number of rotatable bonds is 4. The highest BCUT2D eigenvalue weighted by molar-refractivity contribution is 5.82. The molecule has 4 nitrogen and oxygen atoms in total. The van der Waals surface area contributed by atoms with Crippen molar-refractivity contribution >= 4 is 5.91 Å². The van der Waals surface area contributed by atoms with Crippen molar-refractivity contribution in [3.05, 3.63) is 30.3 Å². The number of piperidine rings is 1. The van der Waals surface area contributed by atoms with E-state index in [2.05, 4.69) is 0 Å². The van der Waals surface area contributed by atoms with Crippen molar-refractivity contribution in [3.63, 3.8) is 0 Å². The Morgan fingerprint density at radius 2 is 1.85 bits per heavy atom. The van der Waals surface area contributed by atoms with Crippen LogP contribution < -0.4 is 10.5 Å². The molecule has 0 spiro atoms. The quantitative estimate of drug-likeness (QED) is 0.915. The van der Waals surface area contributed by atoms with E-state index in [9.17, 15) is 4.79 Å². The summed E-state index contributed by atoms with van der Waals surface area (Å²) in [6, 6.07) is 9.45. The third-order valence-corrected chi connectivity index (χ3v) is 3.80. The summed E-state index contributed by atoms with van der Waals surface area (Å²) in [6.45, 7) is 5.43. The van der Waals surface area contributed by atoms with Crippen molar-refractivity contribution in [3.8, 4) is 5.75 Å². The summed E-state index contributed by atoms with van der Waals surface area (Å²) < 4.78 is 5.92. The molecule has 20 heavy (non-hydrogen) atoms. The fourth-order valence-electron chi connectivity index (χ4n) is 2.38. The molecule has 110 valence electrons. The number of para-hydroxylation sites is 1. The third kappa shape index (κ3) is 3.73. The van der Waals surface area contributed by atoms with Crippen LogP contribution in [0.1, 0.15) is 26.7 Å². The number of carbonyl (C=O) groups excluding carboxylic acids is 1. The molecule has 4 heteroatoms. The Bertz CT molecular complexity index is 425. The molecule has 1 heterocycles. The van der Waals surface area contributed by atoms with Gasteiger partial charge in [-0.1, -0.05) is 32.0 Å². The van der Waals surface area contributed by atoms with Gasteiger partial charge in [0.25, 0.3) is 0 Å². The Morgan fingerprint density at radius 3 is 2.40 bits per heavy atom. The highest BCUT2D eigenvalue weighted by Crippen LogP contribution is 2.19. The van der Waals surface area contributed by atoms with Gasteiger partial charge in [0.2, 0.25) is 5.91 Å². The lowest BCUT2D eigenvalue weighted by Gasteiger charge is -2.34. The maximum Gasteiger partial charge on any atom is 0.239 e. The van der Waals surface area contributed by atoms with Crippen LogP contribution in [-0.2, 0) is 4.79 Å². The van der Waals surface area contributed by atoms with Crippen LogP contribution in [0, 0.1) is 5.92 Å². The molecule has 1 atom stereocenters. The van der Waals surface area contributed by atoms with E-state index in [1.54, 1.807) is 0 Å². The van der Waals surface area contributed by atoms with Crippen molar-refractivity contribution in [1.82, 2.24) is 4.90 Å². The highest BCUT2D eigenvalue weighted by atomic mass is 16.5. The maximum absolute atomic E-state index is 12.2. The molecule has 1 aliphatic rings. The van der Waals surface area contributed by atoms with Gasteiger partial charge in [0, 0.05) is 25.9 Å². The summed E-state index contributed by atoms with van der Waals surface area (Å²) in [5.41, 5.74) is 5.93. The van der Waals surface area contributed by atoms with Crippen LogP contribution in [0.4, 0.5) is 0 Å². The summed E-state index contributed by atoms with van der Waals surface area (Å²) in [4.78, 5) is 14.0. The first-order valence-corrected chi connectivity index (χ1v) is 7.34. The second-order valence-corrected chi connectivity index (χ2v) is 5.73. The second-order valence-electron chi connectivity index (χ2n) is 5.73. The van der Waals surface area contributed by atoms with Crippen molar-refractivity contribution in [2.75, 3.05) is 13.1 Å². The van der Waals surface area contributed by atoms with Crippen LogP contribution in [0.15, 0.2) is 30.3 Å². The Labute approximate surface area is 120 Å². The minimum Gasteiger partial charge on any atom is -0.490 e. The normalized spacial score (nSPS) is 18.1. The van der Waals surface area contributed by atoms with E-state index in [-0.39, 0.29) is 24.0 Å². The number of nitrogens with two attached hydrogens (primary N) is 1. The maximum atomic E-state index is 12.2. The van der Waals surface area contributed by atoms with Crippen LogP contribution in [0.25, 0.3) is 0 Å². The monoisotopic (exact) mass is 276 g/mol. The predicted octanol–water partition coefficient (Wildman–Crippen LogP) is 2.04. The Balaban J connectivity index is 1.82. The smallest absolute Gasteiger partial charge is 0.239 e. The van der Waals surface area contributed by atoms with Crippen LogP contribution in [0.3, 0.4) is 0 Å². The first-order valence-electron chi connectivity index (χ1n) is 7.34. The standard InChI is InChI=1S/C16H24N2O2/c1-12(2)15(17)16(19)18-10-8-14(9-11-18)20-13-6-4-3-5-7-13/h3-7,12,14-15H,8-11,17H2,1-2H3. The van der Waals surface area contributed by atoms with E-state index in [1.807, 2.05) is 49.1 Å². The molecule has 0 bridgehead atoms. The Morgan fingerprint density at radius 1 is 1.25 bits per heavy atom. The van der Waals surface area contributed by atoms with Gasteiger partial charge in [0.15, 0.2) is 0 Å². The molecule has 1 aliphatic heterocycles. The fraction of sp³-hybridized carbons (Fsp3) is 0.562. The molecule has 2 N–H and O–H groups in total. The molecular formula is C16H24N2O2. The average molecular weight is 276 g/mol. The van der Waals surface area contributed by atoms with Gasteiger partial charge in [-0.05, 0) is 18.1 Å². The minimum absolute atomic E-state index is 0.0677. The minimum atomic E-state index is -0.387. The van der Waals surface area contributed by atoms with Crippen LogP contribution in [-0.4, -0.2) is 36.0 Å². The zero-order valence-corrected chi connectivity index (χ0v) is 12.3. The highest BCUT2D eigenvalue weighted by Gasteiger charge is 2.28. The summed E-state index contributed by atoms with van der Waals surface area (Å²) in [6.07, 6.45) is 1.92. The van der Waals surface area contributed by atoms with Crippen molar-refractivity contribution < 1.29 is 9.53 Å². The van der Waals surface area contributed by atoms with Gasteiger partial charge in [-0.25, -0.2) is 0 Å². The molecule has 0 saturated carbocycles. The molecule has 2 rings (SSSR count). The third-order valence-electron chi connectivity index (χ3n) is 3.80. The van der Waals surface area contributed by atoms with Crippen LogP contribution in [0.2, 0.25) is 0 Å². The first-order chi connectivity index (χ1) is 9.58. The SMILES string of the molecule is CC(C)C(N)C(=O)N1CCC(Oc2ccccc2)CC1. The number of hydrogen-bond donors (Lipinski definition) is 1. The topological polar surface area (TPSA) is 55.6 Å². The number of hydrogen-bond acceptors (Lipinski definition) is 3. The van der Waals surface area contributed by atoms with Gasteiger partial charge in [-0.15, -0.1) is 0 Å². The Hall–Kier alpha value is -1.55. The van der Waals surface area contributed by atoms with Crippen LogP contribution >= 0.6 is 0 Å². The molecule has 0 aliphatic carbocycles. The molecule has 1 fully saturated rings. The van der Waals surface area contributed by atoms with E-state index in [1.165, 1.54) is 0 Å².